The van der Waals surface area contributed by atoms with Crippen molar-refractivity contribution in [3.63, 3.8) is 0 Å². The van der Waals surface area contributed by atoms with Crippen LogP contribution in [0.15, 0.2) is 97.6 Å². The minimum Gasteiger partial charge on any atom is -0.481 e. The summed E-state index contributed by atoms with van der Waals surface area (Å²) in [4.78, 5) is 79.7. The topological polar surface area (TPSA) is 365 Å². The van der Waals surface area contributed by atoms with Gasteiger partial charge in [-0.25, -0.2) is 53.6 Å². The Morgan fingerprint density at radius 2 is 0.754 bits per heavy atom. The molecule has 0 saturated carbocycles. The Morgan fingerprint density at radius 1 is 0.413 bits per heavy atom. The molecule has 138 heavy (non-hydrogen) atoms. The lowest BCUT2D eigenvalue weighted by Crippen LogP contribution is -2.54. The van der Waals surface area contributed by atoms with Crippen LogP contribution in [0, 0.1) is 72.5 Å². The van der Waals surface area contributed by atoms with Gasteiger partial charge in [-0.3, -0.25) is 9.59 Å². The number of carbonyl (C=O) groups is 2. The molecule has 0 radical (unpaired) electrons. The molecule has 16 heterocycles. The Kier molecular flexibility index (Phi) is 32.3. The number of fused-ring (bicyclic) bond motifs is 4. The number of hydrogen-bond acceptors (Lipinski definition) is 26. The number of piperidine rings is 4. The number of benzene rings is 4. The summed E-state index contributed by atoms with van der Waals surface area (Å²) in [5, 5.41) is 70.4. The molecular weight excluding hydrogens is 1920 g/mol. The molecule has 0 spiro atoms. The monoisotopic (exact) mass is 2030 g/mol. The van der Waals surface area contributed by atoms with Gasteiger partial charge < -0.3 is 65.4 Å². The summed E-state index contributed by atoms with van der Waals surface area (Å²) in [6, 6.07) is 23.1. The standard InChI is InChI=1S/C26H31Cl2N7O3.C24H27Cl2N7O.2C24H30Cl2N6O/c1-15(19-7-6-18(27)10-20(19)28)35-26-24(23(32-35)25(29)38)30-11-21(31-26)34-13-17(14-34)16-4-2-8-33(12-16)9-3-5-22(36)37;1-15(19-5-4-18(25)9-20(19)26)33-24-23(21(10-27)30-33)28-11-22(29-24)32-13-17(14-32)16-3-2-6-31(12-16)7-8-34;1-15-21-11-27-24(31-13-18(14-31)17-4-3-7-30(12-17)8-9-33)28-23(21)32(29-15)16(2)20-6-5-19(25)10-22(20)26;1-15-23-24(32(29-15)16(2)20-6-5-19(25)10-21(20)26)28-22(11-27-23)31-13-18(14-31)17-4-3-7-30(12-17)8-9-33/h6-7,10-11,15-17H,2-5,8-9,12-14H2,1H3,(H2,29,38)(H,36,37);4-5,9,11,15-17,34H,2-3,6-8,12-14H2,1H3;2*5-6,10-11,16-18,33H,3-4,7-9,12-14H2,1-2H3. The maximum Gasteiger partial charge on any atom is 0.303 e. The van der Waals surface area contributed by atoms with Crippen molar-refractivity contribution in [2.45, 2.75) is 130 Å². The third kappa shape index (κ3) is 22.3. The first-order valence-corrected chi connectivity index (χ1v) is 51.0. The van der Waals surface area contributed by atoms with Crippen molar-refractivity contribution < 1.29 is 30.0 Å². The number of aliphatic hydroxyl groups is 3. The Bertz CT molecular complexity index is 6210. The lowest BCUT2D eigenvalue weighted by molar-refractivity contribution is -0.137. The van der Waals surface area contributed by atoms with E-state index in [2.05, 4.69) is 84.3 Å². The SMILES string of the molecule is CC(c1ccc(Cl)cc1Cl)n1nc(C#N)c2ncc(N3CC(C4CCCN(CCO)C4)C3)nc21.CC(c1ccc(Cl)cc1Cl)n1nc(C(N)=O)c2ncc(N3CC(C4CCCN(CCCC(=O)O)C4)C3)nc21.Cc1nn(C(C)c2ccc(Cl)cc2Cl)c2nc(N3CC(C4CCCN(CCO)C4)C3)cnc12.Cc1nn(C(C)c2ccc(Cl)cc2Cl)c2nc(N3CC(C4CCCN(CCO)C4)C3)ncc12. The third-order valence-corrected chi connectivity index (χ3v) is 31.5. The zero-order chi connectivity index (χ0) is 97.0. The maximum absolute atomic E-state index is 12.1. The number of nitrogens with two attached hydrogens (primary N) is 1. The summed E-state index contributed by atoms with van der Waals surface area (Å²) in [6.07, 6.45) is 17.8. The number of aromatic nitrogens is 16. The van der Waals surface area contributed by atoms with Crippen LogP contribution in [0.5, 0.6) is 0 Å². The number of carboxylic acid groups (broad SMARTS) is 1. The van der Waals surface area contributed by atoms with Crippen molar-refractivity contribution in [1.82, 2.24) is 98.6 Å². The van der Waals surface area contributed by atoms with Crippen molar-refractivity contribution in [2.75, 3.05) is 170 Å². The van der Waals surface area contributed by atoms with Gasteiger partial charge in [-0.1, -0.05) is 117 Å². The number of β-amino-alcohol motifs (C(OH)–C–C–N with tert-alkyl or cyclic N) is 3. The summed E-state index contributed by atoms with van der Waals surface area (Å²) >= 11 is 50.2. The smallest absolute Gasteiger partial charge is 0.303 e. The quantitative estimate of drug-likeness (QED) is 0.0319. The Labute approximate surface area is 842 Å². The normalized spacial score (nSPS) is 20.3. The van der Waals surface area contributed by atoms with Gasteiger partial charge in [-0.05, 0) is 250 Å². The number of anilines is 4. The number of nitriles is 1. The number of rotatable bonds is 27. The van der Waals surface area contributed by atoms with Gasteiger partial charge in [0.05, 0.1) is 79.4 Å². The minimum absolute atomic E-state index is 0.0719. The second kappa shape index (κ2) is 44.5. The molecule has 20 rings (SSSR count). The van der Waals surface area contributed by atoms with Crippen molar-refractivity contribution in [1.29, 1.82) is 5.26 Å². The van der Waals surface area contributed by atoms with E-state index >= 15 is 0 Å². The average Bonchev–Trinajstić information content (AvgIpc) is 1.61. The van der Waals surface area contributed by atoms with E-state index in [1.807, 2.05) is 85.9 Å². The van der Waals surface area contributed by atoms with Crippen LogP contribution in [0.3, 0.4) is 0 Å². The predicted octanol–water partition coefficient (Wildman–Crippen LogP) is 16.0. The van der Waals surface area contributed by atoms with Crippen LogP contribution in [-0.4, -0.2) is 282 Å². The first kappa shape index (κ1) is 100. The molecule has 8 atom stereocenters. The van der Waals surface area contributed by atoms with E-state index in [1.165, 1.54) is 44.9 Å². The molecule has 8 fully saturated rings. The molecule has 12 aromatic rings. The fourth-order valence-electron chi connectivity index (χ4n) is 21.3. The number of aryl methyl sites for hydroxylation is 2. The van der Waals surface area contributed by atoms with E-state index in [4.69, 9.17) is 139 Å². The largest absolute Gasteiger partial charge is 0.481 e. The molecule has 8 aliphatic rings. The van der Waals surface area contributed by atoms with Crippen molar-refractivity contribution >= 4 is 173 Å². The lowest BCUT2D eigenvalue weighted by Gasteiger charge is -2.47. The van der Waals surface area contributed by atoms with Crippen LogP contribution in [0.25, 0.3) is 44.5 Å². The van der Waals surface area contributed by atoms with Crippen LogP contribution in [-0.2, 0) is 4.79 Å². The molecule has 8 unspecified atom stereocenters. The van der Waals surface area contributed by atoms with Crippen LogP contribution in [0.4, 0.5) is 23.4 Å². The van der Waals surface area contributed by atoms with Gasteiger partial charge in [0.25, 0.3) is 5.91 Å². The number of likely N-dealkylation sites (tertiary alicyclic amines) is 4. The second-order valence-electron chi connectivity index (χ2n) is 38.2. The first-order valence-electron chi connectivity index (χ1n) is 48.0. The van der Waals surface area contributed by atoms with Crippen LogP contribution in [0.2, 0.25) is 40.2 Å². The maximum atomic E-state index is 12.1. The summed E-state index contributed by atoms with van der Waals surface area (Å²) in [5.41, 5.74) is 15.5. The highest BCUT2D eigenvalue weighted by Crippen LogP contribution is 2.43. The molecule has 732 valence electrons. The lowest BCUT2D eigenvalue weighted by atomic mass is 9.80. The zero-order valence-electron chi connectivity index (χ0n) is 78.4. The van der Waals surface area contributed by atoms with Gasteiger partial charge in [0.1, 0.15) is 40.1 Å². The number of amides is 1. The Morgan fingerprint density at radius 3 is 1.13 bits per heavy atom. The zero-order valence-corrected chi connectivity index (χ0v) is 84.4. The molecule has 32 nitrogen and oxygen atoms in total. The van der Waals surface area contributed by atoms with E-state index in [1.54, 1.807) is 58.2 Å². The van der Waals surface area contributed by atoms with Gasteiger partial charge in [0.15, 0.2) is 34.0 Å². The third-order valence-electron chi connectivity index (χ3n) is 29.3. The van der Waals surface area contributed by atoms with Gasteiger partial charge in [0, 0.05) is 151 Å². The highest BCUT2D eigenvalue weighted by molar-refractivity contribution is 6.37. The number of carboxylic acids is 1. The molecule has 4 aromatic carbocycles. The van der Waals surface area contributed by atoms with E-state index in [0.717, 1.165) is 217 Å². The second-order valence-corrected chi connectivity index (χ2v) is 41.6. The van der Waals surface area contributed by atoms with Crippen LogP contribution < -0.4 is 25.3 Å². The number of halogens is 8. The minimum atomic E-state index is -0.735. The van der Waals surface area contributed by atoms with E-state index in [9.17, 15) is 30.2 Å². The fourth-order valence-corrected chi connectivity index (χ4v) is 23.5. The Balaban J connectivity index is 0.000000127. The number of aliphatic carboxylic acids is 1. The van der Waals surface area contributed by atoms with Crippen molar-refractivity contribution in [3.05, 3.63) is 183 Å². The number of primary amides is 1. The highest BCUT2D eigenvalue weighted by atomic mass is 35.5. The summed E-state index contributed by atoms with van der Waals surface area (Å²) < 4.78 is 7.23. The predicted molar refractivity (Wildman–Crippen MR) is 543 cm³/mol. The number of nitrogens with zero attached hydrogens (tertiary/aromatic N) is 25. The molecule has 6 N–H and O–H groups in total. The number of carbonyl (C=O) groups excluding carboxylic acids is 1. The molecule has 0 aliphatic carbocycles. The van der Waals surface area contributed by atoms with Gasteiger partial charge >= 0.3 is 5.97 Å². The molecular formula is C98H118Cl8N26O6. The summed E-state index contributed by atoms with van der Waals surface area (Å²) in [6.45, 7) is 32.0. The Hall–Kier alpha value is -9.25. The van der Waals surface area contributed by atoms with Crippen molar-refractivity contribution in [2.24, 2.45) is 53.1 Å². The van der Waals surface area contributed by atoms with Gasteiger partial charge in [-0.15, -0.1) is 0 Å². The van der Waals surface area contributed by atoms with Crippen LogP contribution in [0.1, 0.15) is 166 Å². The molecule has 8 saturated heterocycles. The molecule has 1 amide bonds. The highest BCUT2D eigenvalue weighted by Gasteiger charge is 2.43. The van der Waals surface area contributed by atoms with E-state index in [-0.39, 0.29) is 61.8 Å². The molecule has 8 aromatic heterocycles. The summed E-state index contributed by atoms with van der Waals surface area (Å²) in [7, 11) is 0. The van der Waals surface area contributed by atoms with E-state index < -0.39 is 11.9 Å². The van der Waals surface area contributed by atoms with Crippen molar-refractivity contribution in [3.8, 4) is 6.07 Å². The average molecular weight is 2040 g/mol. The molecule has 8 aliphatic heterocycles. The van der Waals surface area contributed by atoms with Gasteiger partial charge in [-0.2, -0.15) is 30.6 Å². The van der Waals surface area contributed by atoms with Gasteiger partial charge in [0.2, 0.25) is 5.95 Å². The first-order chi connectivity index (χ1) is 66.6. The molecule has 40 heteroatoms. The summed E-state index contributed by atoms with van der Waals surface area (Å²) in [5.74, 6) is 6.89. The fraction of sp³-hybridized carbons (Fsp3) is 0.520. The van der Waals surface area contributed by atoms with E-state index in [0.29, 0.717) is 116 Å². The number of aliphatic hydroxyl groups excluding tert-OH is 3. The molecule has 0 bridgehead atoms. The van der Waals surface area contributed by atoms with Crippen LogP contribution >= 0.6 is 92.8 Å². The number of hydrogen-bond donors (Lipinski definition) is 5.